The molecule has 0 unspecified atom stereocenters. The van der Waals surface area contributed by atoms with Crippen molar-refractivity contribution in [2.24, 2.45) is 5.92 Å². The molecule has 27 heavy (non-hydrogen) atoms. The quantitative estimate of drug-likeness (QED) is 0.759. The third-order valence-corrected chi connectivity index (χ3v) is 7.37. The van der Waals surface area contributed by atoms with Gasteiger partial charge < -0.3 is 4.90 Å². The van der Waals surface area contributed by atoms with Gasteiger partial charge in [-0.3, -0.25) is 9.52 Å². The molecular weight excluding hydrogens is 428 g/mol. The highest BCUT2D eigenvalue weighted by molar-refractivity contribution is 9.10. The predicted molar refractivity (Wildman–Crippen MR) is 110 cm³/mol. The molecule has 7 heteroatoms. The fourth-order valence-corrected chi connectivity index (χ4v) is 5.41. The van der Waals surface area contributed by atoms with Crippen LogP contribution >= 0.6 is 15.9 Å². The smallest absolute Gasteiger partial charge is 0.261 e. The first kappa shape index (κ1) is 18.5. The Balaban J connectivity index is 1.59. The Kier molecular flexibility index (Phi) is 4.76. The zero-order valence-electron chi connectivity index (χ0n) is 15.0. The van der Waals surface area contributed by atoms with E-state index >= 15 is 0 Å². The molecule has 0 spiro atoms. The van der Waals surface area contributed by atoms with Crippen LogP contribution in [-0.2, 0) is 21.2 Å². The second-order valence-electron chi connectivity index (χ2n) is 7.25. The average Bonchev–Trinajstić information content (AvgIpc) is 2.99. The molecule has 142 valence electrons. The van der Waals surface area contributed by atoms with Gasteiger partial charge in [-0.2, -0.15) is 0 Å². The summed E-state index contributed by atoms with van der Waals surface area (Å²) in [7, 11) is -3.70. The Labute approximate surface area is 167 Å². The first-order valence-electron chi connectivity index (χ1n) is 9.08. The van der Waals surface area contributed by atoms with Gasteiger partial charge in [0, 0.05) is 22.6 Å². The van der Waals surface area contributed by atoms with Gasteiger partial charge in [-0.05, 0) is 83.6 Å². The Morgan fingerprint density at radius 2 is 1.96 bits per heavy atom. The second-order valence-corrected chi connectivity index (χ2v) is 9.78. The molecule has 0 bridgehead atoms. The number of anilines is 2. The number of halogens is 1. The minimum atomic E-state index is -3.70. The molecule has 0 atom stereocenters. The minimum Gasteiger partial charge on any atom is -0.312 e. The van der Waals surface area contributed by atoms with Crippen molar-refractivity contribution in [1.82, 2.24) is 0 Å². The molecule has 2 aromatic rings. The van der Waals surface area contributed by atoms with Crippen molar-refractivity contribution in [2.75, 3.05) is 16.2 Å². The van der Waals surface area contributed by atoms with Crippen LogP contribution in [0.3, 0.4) is 0 Å². The van der Waals surface area contributed by atoms with Gasteiger partial charge in [0.25, 0.3) is 10.0 Å². The number of nitrogens with one attached hydrogen (secondary N) is 1. The van der Waals surface area contributed by atoms with Gasteiger partial charge >= 0.3 is 0 Å². The number of hydrogen-bond acceptors (Lipinski definition) is 3. The summed E-state index contributed by atoms with van der Waals surface area (Å²) in [5.74, 6) is 0.317. The van der Waals surface area contributed by atoms with E-state index in [1.807, 2.05) is 24.0 Å². The number of hydrogen-bond donors (Lipinski definition) is 1. The van der Waals surface area contributed by atoms with Crippen LogP contribution in [0.2, 0.25) is 0 Å². The van der Waals surface area contributed by atoms with Crippen molar-refractivity contribution >= 4 is 43.2 Å². The van der Waals surface area contributed by atoms with Crippen LogP contribution in [0.15, 0.2) is 45.8 Å². The lowest BCUT2D eigenvalue weighted by atomic mass is 9.84. The maximum absolute atomic E-state index is 12.8. The van der Waals surface area contributed by atoms with Crippen molar-refractivity contribution in [3.05, 3.63) is 52.0 Å². The van der Waals surface area contributed by atoms with Gasteiger partial charge in [-0.25, -0.2) is 8.42 Å². The van der Waals surface area contributed by atoms with Crippen LogP contribution in [0.1, 0.15) is 30.4 Å². The molecule has 1 saturated carbocycles. The molecule has 2 aliphatic rings. The number of amides is 1. The SMILES string of the molecule is Cc1ccc(NS(=O)(=O)c2ccc3c(c2)CCN3C(=O)C2CCC2)c(Br)c1. The number of aryl methyl sites for hydroxylation is 1. The summed E-state index contributed by atoms with van der Waals surface area (Å²) in [4.78, 5) is 14.6. The average molecular weight is 449 g/mol. The lowest BCUT2D eigenvalue weighted by Crippen LogP contribution is -2.37. The van der Waals surface area contributed by atoms with Crippen LogP contribution in [0, 0.1) is 12.8 Å². The van der Waals surface area contributed by atoms with Crippen LogP contribution in [0.5, 0.6) is 0 Å². The summed E-state index contributed by atoms with van der Waals surface area (Å²) in [6.45, 7) is 2.57. The van der Waals surface area contributed by atoms with Gasteiger partial charge in [0.05, 0.1) is 10.6 Å². The lowest BCUT2D eigenvalue weighted by Gasteiger charge is -2.29. The molecule has 1 aliphatic heterocycles. The number of rotatable bonds is 4. The van der Waals surface area contributed by atoms with Crippen molar-refractivity contribution in [1.29, 1.82) is 0 Å². The summed E-state index contributed by atoms with van der Waals surface area (Å²) < 4.78 is 28.9. The van der Waals surface area contributed by atoms with Crippen LogP contribution in [-0.4, -0.2) is 20.9 Å². The van der Waals surface area contributed by atoms with E-state index < -0.39 is 10.0 Å². The number of sulfonamides is 1. The maximum Gasteiger partial charge on any atom is 0.261 e. The van der Waals surface area contributed by atoms with Crippen LogP contribution in [0.4, 0.5) is 11.4 Å². The molecular formula is C20H21BrN2O3S. The number of fused-ring (bicyclic) bond motifs is 1. The molecule has 2 aromatic carbocycles. The Morgan fingerprint density at radius 1 is 1.19 bits per heavy atom. The molecule has 1 N–H and O–H groups in total. The van der Waals surface area contributed by atoms with E-state index in [0.717, 1.165) is 36.1 Å². The highest BCUT2D eigenvalue weighted by Crippen LogP contribution is 2.36. The predicted octanol–water partition coefficient (Wildman–Crippen LogP) is 4.25. The number of carbonyl (C=O) groups is 1. The van der Waals surface area contributed by atoms with E-state index in [-0.39, 0.29) is 16.7 Å². The zero-order valence-corrected chi connectivity index (χ0v) is 17.4. The zero-order chi connectivity index (χ0) is 19.2. The summed E-state index contributed by atoms with van der Waals surface area (Å²) in [6, 6.07) is 10.5. The summed E-state index contributed by atoms with van der Waals surface area (Å²) in [6.07, 6.45) is 3.73. The lowest BCUT2D eigenvalue weighted by molar-refractivity contribution is -0.124. The summed E-state index contributed by atoms with van der Waals surface area (Å²) in [5, 5.41) is 0. The fraction of sp³-hybridized carbons (Fsp3) is 0.350. The molecule has 1 fully saturated rings. The van der Waals surface area contributed by atoms with Crippen molar-refractivity contribution in [3.8, 4) is 0 Å². The molecule has 1 heterocycles. The van der Waals surface area contributed by atoms with Crippen LogP contribution < -0.4 is 9.62 Å². The first-order valence-corrected chi connectivity index (χ1v) is 11.4. The normalized spacial score (nSPS) is 16.7. The Hall–Kier alpha value is -1.86. The molecule has 1 amide bonds. The highest BCUT2D eigenvalue weighted by Gasteiger charge is 2.33. The Bertz CT molecular complexity index is 1020. The van der Waals surface area contributed by atoms with Crippen molar-refractivity contribution in [2.45, 2.75) is 37.5 Å². The standard InChI is InChI=1S/C20H21BrN2O3S/c1-13-5-7-18(17(21)11-13)22-27(25,26)16-6-8-19-15(12-16)9-10-23(19)20(24)14-3-2-4-14/h5-8,11-12,14,22H,2-4,9-10H2,1H3. The Morgan fingerprint density at radius 3 is 2.63 bits per heavy atom. The third kappa shape index (κ3) is 3.50. The highest BCUT2D eigenvalue weighted by atomic mass is 79.9. The number of carbonyl (C=O) groups excluding carboxylic acids is 1. The largest absolute Gasteiger partial charge is 0.312 e. The monoisotopic (exact) mass is 448 g/mol. The third-order valence-electron chi connectivity index (χ3n) is 5.35. The van der Waals surface area contributed by atoms with E-state index in [4.69, 9.17) is 0 Å². The number of benzene rings is 2. The number of nitrogens with zero attached hydrogens (tertiary/aromatic N) is 1. The summed E-state index contributed by atoms with van der Waals surface area (Å²) in [5.41, 5.74) is 3.30. The van der Waals surface area contributed by atoms with E-state index in [1.165, 1.54) is 0 Å². The summed E-state index contributed by atoms with van der Waals surface area (Å²) >= 11 is 3.40. The van der Waals surface area contributed by atoms with E-state index in [9.17, 15) is 13.2 Å². The molecule has 5 nitrogen and oxygen atoms in total. The van der Waals surface area contributed by atoms with Gasteiger partial charge in [-0.15, -0.1) is 0 Å². The van der Waals surface area contributed by atoms with E-state index in [1.54, 1.807) is 24.3 Å². The van der Waals surface area contributed by atoms with Gasteiger partial charge in [0.1, 0.15) is 0 Å². The molecule has 0 saturated heterocycles. The van der Waals surface area contributed by atoms with Gasteiger partial charge in [0.15, 0.2) is 0 Å². The van der Waals surface area contributed by atoms with E-state index in [2.05, 4.69) is 20.7 Å². The van der Waals surface area contributed by atoms with Gasteiger partial charge in [-0.1, -0.05) is 12.5 Å². The van der Waals surface area contributed by atoms with Crippen LogP contribution in [0.25, 0.3) is 0 Å². The topological polar surface area (TPSA) is 66.5 Å². The van der Waals surface area contributed by atoms with Crippen molar-refractivity contribution < 1.29 is 13.2 Å². The van der Waals surface area contributed by atoms with E-state index in [0.29, 0.717) is 23.1 Å². The molecule has 0 aromatic heterocycles. The van der Waals surface area contributed by atoms with Gasteiger partial charge in [0.2, 0.25) is 5.91 Å². The molecule has 4 rings (SSSR count). The van der Waals surface area contributed by atoms with Crippen molar-refractivity contribution in [3.63, 3.8) is 0 Å². The first-order chi connectivity index (χ1) is 12.8. The second kappa shape index (κ2) is 6.95. The fourth-order valence-electron chi connectivity index (χ4n) is 3.56. The maximum atomic E-state index is 12.8. The minimum absolute atomic E-state index is 0.139. The molecule has 1 aliphatic carbocycles. The molecule has 0 radical (unpaired) electrons.